The van der Waals surface area contributed by atoms with Crippen LogP contribution in [0.5, 0.6) is 0 Å². The van der Waals surface area contributed by atoms with E-state index in [0.29, 0.717) is 24.2 Å². The molecule has 2 aromatic heterocycles. The number of ether oxygens (including phenoxy) is 1. The van der Waals surface area contributed by atoms with Gasteiger partial charge in [0.15, 0.2) is 5.69 Å². The van der Waals surface area contributed by atoms with Crippen molar-refractivity contribution < 1.29 is 27.9 Å². The summed E-state index contributed by atoms with van der Waals surface area (Å²) in [5.74, 6) is -2.71. The van der Waals surface area contributed by atoms with Gasteiger partial charge in [-0.1, -0.05) is 10.3 Å². The highest BCUT2D eigenvalue weighted by Crippen LogP contribution is 2.24. The second kappa shape index (κ2) is 9.54. The number of benzene rings is 1. The highest BCUT2D eigenvalue weighted by Gasteiger charge is 2.23. The molecule has 0 unspecified atom stereocenters. The molecule has 0 aliphatic heterocycles. The summed E-state index contributed by atoms with van der Waals surface area (Å²) >= 11 is 3.06. The molecular weight excluding hydrogens is 469 g/mol. The number of nitrogens with zero attached hydrogens (tertiary/aromatic N) is 4. The molecule has 13 heteroatoms. The minimum atomic E-state index is -0.804. The molecule has 3 aromatic rings. The quantitative estimate of drug-likeness (QED) is 0.348. The molecule has 0 aliphatic rings. The third kappa shape index (κ3) is 4.68. The fraction of sp³-hybridized carbons (Fsp3) is 0.294. The molecule has 0 saturated heterocycles. The molecule has 0 spiro atoms. The van der Waals surface area contributed by atoms with Crippen molar-refractivity contribution in [2.24, 2.45) is 0 Å². The largest absolute Gasteiger partial charge is 0.446 e. The molecule has 0 radical (unpaired) electrons. The average molecular weight is 484 g/mol. The Kier molecular flexibility index (Phi) is 6.84. The molecule has 11 nitrogen and oxygen atoms in total. The monoisotopic (exact) mass is 483 g/mol. The van der Waals surface area contributed by atoms with Gasteiger partial charge in [0.25, 0.3) is 5.91 Å². The Hall–Kier alpha value is -3.19. The van der Waals surface area contributed by atoms with Gasteiger partial charge >= 0.3 is 5.76 Å². The molecule has 1 aromatic carbocycles. The fourth-order valence-corrected chi connectivity index (χ4v) is 2.91. The second-order valence-corrected chi connectivity index (χ2v) is 6.84. The summed E-state index contributed by atoms with van der Waals surface area (Å²) < 4.78 is 28.9. The number of hydrogen-bond donors (Lipinski definition) is 1. The maximum Gasteiger partial charge on any atom is 0.446 e. The Morgan fingerprint density at radius 3 is 2.83 bits per heavy atom. The number of aryl methyl sites for hydroxylation is 1. The third-order valence-corrected chi connectivity index (χ3v) is 4.55. The van der Waals surface area contributed by atoms with Gasteiger partial charge in [-0.15, -0.1) is 0 Å². The molecule has 158 valence electrons. The minimum Gasteiger partial charge on any atom is -0.376 e. The standard InChI is InChI=1S/C17H15BrFN5O6/c1-28-8-13(25)16(26)20-6-2-3-12-14(22-30-21-12)15-23-29-17(27)24(15)9-4-5-11(19)10(18)7-9/h4-5,7H,2-3,6,8H2,1H3,(H,20,26). The van der Waals surface area contributed by atoms with Crippen molar-refractivity contribution in [2.75, 3.05) is 20.3 Å². The van der Waals surface area contributed by atoms with Crippen molar-refractivity contribution in [2.45, 2.75) is 12.8 Å². The van der Waals surface area contributed by atoms with E-state index in [1.807, 2.05) is 0 Å². The van der Waals surface area contributed by atoms with E-state index in [9.17, 15) is 18.8 Å². The van der Waals surface area contributed by atoms with Crippen molar-refractivity contribution >= 4 is 27.6 Å². The highest BCUT2D eigenvalue weighted by atomic mass is 79.9. The van der Waals surface area contributed by atoms with Gasteiger partial charge in [0.2, 0.25) is 11.6 Å². The van der Waals surface area contributed by atoms with Gasteiger partial charge < -0.3 is 10.1 Å². The smallest absolute Gasteiger partial charge is 0.376 e. The molecule has 1 N–H and O–H groups in total. The van der Waals surface area contributed by atoms with Gasteiger partial charge in [-0.2, -0.15) is 0 Å². The van der Waals surface area contributed by atoms with Crippen molar-refractivity contribution in [1.29, 1.82) is 0 Å². The molecule has 2 heterocycles. The molecule has 3 rings (SSSR count). The summed E-state index contributed by atoms with van der Waals surface area (Å²) in [6.07, 6.45) is 0.698. The van der Waals surface area contributed by atoms with Crippen LogP contribution in [0.4, 0.5) is 4.39 Å². The van der Waals surface area contributed by atoms with Crippen LogP contribution in [0, 0.1) is 5.82 Å². The predicted octanol–water partition coefficient (Wildman–Crippen LogP) is 1.04. The van der Waals surface area contributed by atoms with Gasteiger partial charge in [-0.3, -0.25) is 14.1 Å². The Morgan fingerprint density at radius 2 is 2.10 bits per heavy atom. The lowest BCUT2D eigenvalue weighted by molar-refractivity contribution is -0.140. The van der Waals surface area contributed by atoms with E-state index in [2.05, 4.69) is 41.5 Å². The summed E-state index contributed by atoms with van der Waals surface area (Å²) in [6.45, 7) is -0.108. The molecular formula is C17H15BrFN5O6. The van der Waals surface area contributed by atoms with Gasteiger partial charge in [-0.05, 0) is 52.1 Å². The first-order chi connectivity index (χ1) is 14.4. The fourth-order valence-electron chi connectivity index (χ4n) is 2.54. The summed E-state index contributed by atoms with van der Waals surface area (Å²) in [6, 6.07) is 3.94. The van der Waals surface area contributed by atoms with E-state index < -0.39 is 23.3 Å². The third-order valence-electron chi connectivity index (χ3n) is 3.94. The first-order valence-electron chi connectivity index (χ1n) is 8.58. The van der Waals surface area contributed by atoms with Crippen LogP contribution in [0.3, 0.4) is 0 Å². The molecule has 1 amide bonds. The van der Waals surface area contributed by atoms with Crippen LogP contribution in [0.15, 0.2) is 36.6 Å². The summed E-state index contributed by atoms with van der Waals surface area (Å²) in [5.41, 5.74) is 0.807. The number of hydrogen-bond acceptors (Lipinski definition) is 9. The number of carbonyl (C=O) groups is 2. The zero-order valence-corrected chi connectivity index (χ0v) is 17.1. The molecule has 30 heavy (non-hydrogen) atoms. The van der Waals surface area contributed by atoms with Crippen LogP contribution < -0.4 is 11.1 Å². The first kappa shape index (κ1) is 21.5. The van der Waals surface area contributed by atoms with Crippen LogP contribution in [0.2, 0.25) is 0 Å². The lowest BCUT2D eigenvalue weighted by Crippen LogP contribution is -2.34. The SMILES string of the molecule is COCC(=O)C(=O)NCCCc1nonc1-c1noc(=O)n1-c1ccc(F)c(Br)c1. The van der Waals surface area contributed by atoms with Crippen LogP contribution in [-0.4, -0.2) is 52.0 Å². The lowest BCUT2D eigenvalue weighted by Gasteiger charge is -2.05. The van der Waals surface area contributed by atoms with Crippen LogP contribution in [-0.2, 0) is 20.7 Å². The molecule has 0 atom stereocenters. The number of halogens is 2. The average Bonchev–Trinajstić information content (AvgIpc) is 3.33. The van der Waals surface area contributed by atoms with Crippen LogP contribution in [0.25, 0.3) is 17.2 Å². The van der Waals surface area contributed by atoms with Crippen LogP contribution >= 0.6 is 15.9 Å². The molecule has 0 bridgehead atoms. The summed E-state index contributed by atoms with van der Waals surface area (Å²) in [4.78, 5) is 35.1. The van der Waals surface area contributed by atoms with Gasteiger partial charge in [-0.25, -0.2) is 18.4 Å². The number of amides is 1. The van der Waals surface area contributed by atoms with Crippen molar-refractivity contribution in [3.8, 4) is 17.2 Å². The number of Topliss-reactive ketones (excluding diaryl/α,β-unsaturated/α-hetero) is 1. The zero-order valence-electron chi connectivity index (χ0n) is 15.6. The maximum atomic E-state index is 13.5. The van der Waals surface area contributed by atoms with Crippen molar-refractivity contribution in [3.05, 3.63) is 44.7 Å². The zero-order chi connectivity index (χ0) is 21.7. The van der Waals surface area contributed by atoms with E-state index in [4.69, 9.17) is 9.15 Å². The van der Waals surface area contributed by atoms with E-state index >= 15 is 0 Å². The number of carbonyl (C=O) groups excluding carboxylic acids is 2. The topological polar surface area (TPSA) is 142 Å². The van der Waals surface area contributed by atoms with E-state index in [-0.39, 0.29) is 29.1 Å². The van der Waals surface area contributed by atoms with Gasteiger partial charge in [0, 0.05) is 13.7 Å². The minimum absolute atomic E-state index is 0.0223. The Balaban J connectivity index is 1.75. The lowest BCUT2D eigenvalue weighted by atomic mass is 10.2. The Bertz CT molecular complexity index is 1120. The van der Waals surface area contributed by atoms with Gasteiger partial charge in [0.1, 0.15) is 18.1 Å². The van der Waals surface area contributed by atoms with Crippen molar-refractivity contribution in [1.82, 2.24) is 25.4 Å². The molecule has 0 saturated carbocycles. The molecule has 0 fully saturated rings. The summed E-state index contributed by atoms with van der Waals surface area (Å²) in [7, 11) is 1.32. The number of aromatic nitrogens is 4. The normalized spacial score (nSPS) is 10.9. The van der Waals surface area contributed by atoms with E-state index in [1.165, 1.54) is 25.3 Å². The van der Waals surface area contributed by atoms with E-state index in [0.717, 1.165) is 4.57 Å². The van der Waals surface area contributed by atoms with Gasteiger partial charge in [0.05, 0.1) is 10.2 Å². The predicted molar refractivity (Wildman–Crippen MR) is 101 cm³/mol. The maximum absolute atomic E-state index is 13.5. The molecule has 0 aliphatic carbocycles. The van der Waals surface area contributed by atoms with Crippen molar-refractivity contribution in [3.63, 3.8) is 0 Å². The summed E-state index contributed by atoms with van der Waals surface area (Å²) in [5, 5.41) is 13.8. The number of rotatable bonds is 9. The second-order valence-electron chi connectivity index (χ2n) is 5.98. The number of methoxy groups -OCH3 is 1. The first-order valence-corrected chi connectivity index (χ1v) is 9.37. The number of ketones is 1. The number of nitrogens with one attached hydrogen (secondary N) is 1. The Labute approximate surface area is 176 Å². The van der Waals surface area contributed by atoms with E-state index in [1.54, 1.807) is 0 Å². The highest BCUT2D eigenvalue weighted by molar-refractivity contribution is 9.10. The Morgan fingerprint density at radius 1 is 1.30 bits per heavy atom. The van der Waals surface area contributed by atoms with Crippen LogP contribution in [0.1, 0.15) is 12.1 Å².